The van der Waals surface area contributed by atoms with Gasteiger partial charge in [-0.2, -0.15) is 0 Å². The van der Waals surface area contributed by atoms with Crippen LogP contribution in [0.15, 0.2) is 29.3 Å². The molecule has 1 aromatic rings. The maximum atomic E-state index is 11.7. The van der Waals surface area contributed by atoms with Crippen LogP contribution in [0.3, 0.4) is 0 Å². The maximum absolute atomic E-state index is 11.7. The molecule has 0 radical (unpaired) electrons. The monoisotopic (exact) mass is 448 g/mol. The molecule has 0 saturated heterocycles. The summed E-state index contributed by atoms with van der Waals surface area (Å²) in [6, 6.07) is 8.07. The van der Waals surface area contributed by atoms with Gasteiger partial charge in [0.25, 0.3) is 0 Å². The van der Waals surface area contributed by atoms with Crippen LogP contribution in [0.5, 0.6) is 5.75 Å². The van der Waals surface area contributed by atoms with Gasteiger partial charge in [0.1, 0.15) is 5.75 Å². The Morgan fingerprint density at radius 1 is 1.38 bits per heavy atom. The molecular weight excluding hydrogens is 419 g/mol. The fraction of sp³-hybridized carbons (Fsp3) is 0.529. The number of halogens is 1. The smallest absolute Gasteiger partial charge is 0.241 e. The van der Waals surface area contributed by atoms with Crippen molar-refractivity contribution in [2.24, 2.45) is 4.99 Å². The van der Waals surface area contributed by atoms with Crippen LogP contribution in [-0.4, -0.2) is 50.6 Å². The lowest BCUT2D eigenvalue weighted by atomic mass is 10.2. The van der Waals surface area contributed by atoms with Crippen molar-refractivity contribution in [3.8, 4) is 5.75 Å². The number of guanidine groups is 1. The van der Waals surface area contributed by atoms with Crippen LogP contribution in [0.2, 0.25) is 0 Å². The SMILES string of the molecule is CCC(C)NC(=NCc1cccc(OC)c1)NCC(=O)N(C)C.I. The summed E-state index contributed by atoms with van der Waals surface area (Å²) < 4.78 is 5.22. The molecule has 0 aromatic heterocycles. The minimum Gasteiger partial charge on any atom is -0.497 e. The summed E-state index contributed by atoms with van der Waals surface area (Å²) in [7, 11) is 5.12. The molecule has 0 spiro atoms. The molecule has 7 heteroatoms. The van der Waals surface area contributed by atoms with Gasteiger partial charge in [0.15, 0.2) is 5.96 Å². The van der Waals surface area contributed by atoms with E-state index in [0.29, 0.717) is 12.5 Å². The molecule has 0 aliphatic carbocycles. The molecule has 24 heavy (non-hydrogen) atoms. The topological polar surface area (TPSA) is 66.0 Å². The van der Waals surface area contributed by atoms with Crippen molar-refractivity contribution in [2.75, 3.05) is 27.7 Å². The number of methoxy groups -OCH3 is 1. The molecule has 0 saturated carbocycles. The van der Waals surface area contributed by atoms with Crippen molar-refractivity contribution in [3.05, 3.63) is 29.8 Å². The second kappa shape index (κ2) is 11.9. The van der Waals surface area contributed by atoms with Crippen molar-refractivity contribution in [1.82, 2.24) is 15.5 Å². The summed E-state index contributed by atoms with van der Waals surface area (Å²) in [6.45, 7) is 4.91. The Labute approximate surface area is 162 Å². The predicted molar refractivity (Wildman–Crippen MR) is 109 cm³/mol. The third kappa shape index (κ3) is 8.37. The van der Waals surface area contributed by atoms with Crippen LogP contribution in [-0.2, 0) is 11.3 Å². The Bertz CT molecular complexity index is 535. The molecule has 136 valence electrons. The number of nitrogens with one attached hydrogen (secondary N) is 2. The molecule has 1 amide bonds. The molecule has 1 unspecified atom stereocenters. The number of carbonyl (C=O) groups excluding carboxylic acids is 1. The highest BCUT2D eigenvalue weighted by Gasteiger charge is 2.08. The third-order valence-electron chi connectivity index (χ3n) is 3.46. The summed E-state index contributed by atoms with van der Waals surface area (Å²) in [4.78, 5) is 17.8. The number of benzene rings is 1. The van der Waals surface area contributed by atoms with Crippen molar-refractivity contribution in [1.29, 1.82) is 0 Å². The van der Waals surface area contributed by atoms with E-state index in [0.717, 1.165) is 17.7 Å². The Kier molecular flexibility index (Phi) is 11.2. The van der Waals surface area contributed by atoms with E-state index in [1.807, 2.05) is 24.3 Å². The van der Waals surface area contributed by atoms with Crippen LogP contribution in [0, 0.1) is 0 Å². The van der Waals surface area contributed by atoms with Crippen LogP contribution in [0.25, 0.3) is 0 Å². The van der Waals surface area contributed by atoms with Crippen LogP contribution in [0.4, 0.5) is 0 Å². The zero-order valence-corrected chi connectivity index (χ0v) is 17.5. The maximum Gasteiger partial charge on any atom is 0.241 e. The molecule has 1 aromatic carbocycles. The summed E-state index contributed by atoms with van der Waals surface area (Å²) in [6.07, 6.45) is 0.974. The lowest BCUT2D eigenvalue weighted by molar-refractivity contribution is -0.127. The predicted octanol–water partition coefficient (Wildman–Crippen LogP) is 2.24. The summed E-state index contributed by atoms with van der Waals surface area (Å²) >= 11 is 0. The van der Waals surface area contributed by atoms with E-state index < -0.39 is 0 Å². The number of hydrogen-bond acceptors (Lipinski definition) is 3. The zero-order valence-electron chi connectivity index (χ0n) is 15.1. The first kappa shape index (κ1) is 22.5. The molecule has 1 rings (SSSR count). The molecule has 0 aliphatic heterocycles. The summed E-state index contributed by atoms with van der Waals surface area (Å²) in [5.74, 6) is 1.45. The standard InChI is InChI=1S/C17H28N4O2.HI/c1-6-13(2)20-17(19-12-16(22)21(3)4)18-11-14-8-7-9-15(10-14)23-5;/h7-10,13H,6,11-12H2,1-5H3,(H2,18,19,20);1H. The first-order chi connectivity index (χ1) is 11.0. The number of ether oxygens (including phenoxy) is 1. The highest BCUT2D eigenvalue weighted by molar-refractivity contribution is 14.0. The minimum atomic E-state index is 0. The number of nitrogens with zero attached hydrogens (tertiary/aromatic N) is 2. The Balaban J connectivity index is 0.00000529. The van der Waals surface area contributed by atoms with E-state index in [2.05, 4.69) is 29.5 Å². The number of amides is 1. The van der Waals surface area contributed by atoms with Gasteiger partial charge in [-0.25, -0.2) is 4.99 Å². The van der Waals surface area contributed by atoms with E-state index in [9.17, 15) is 4.79 Å². The summed E-state index contributed by atoms with van der Waals surface area (Å²) in [5, 5.41) is 6.38. The fourth-order valence-corrected chi connectivity index (χ4v) is 1.75. The second-order valence-electron chi connectivity index (χ2n) is 5.61. The van der Waals surface area contributed by atoms with Gasteiger partial charge in [-0.1, -0.05) is 19.1 Å². The quantitative estimate of drug-likeness (QED) is 0.382. The van der Waals surface area contributed by atoms with Gasteiger partial charge in [0.05, 0.1) is 20.2 Å². The average Bonchev–Trinajstić information content (AvgIpc) is 2.56. The second-order valence-corrected chi connectivity index (χ2v) is 5.61. The molecule has 0 heterocycles. The largest absolute Gasteiger partial charge is 0.497 e. The van der Waals surface area contributed by atoms with Gasteiger partial charge < -0.3 is 20.3 Å². The Hall–Kier alpha value is -1.51. The number of aliphatic imine (C=N–C) groups is 1. The van der Waals surface area contributed by atoms with Gasteiger partial charge in [-0.05, 0) is 31.0 Å². The minimum absolute atomic E-state index is 0. The van der Waals surface area contributed by atoms with Gasteiger partial charge in [-0.3, -0.25) is 4.79 Å². The zero-order chi connectivity index (χ0) is 17.2. The summed E-state index contributed by atoms with van der Waals surface area (Å²) in [5.41, 5.74) is 1.05. The molecule has 0 fully saturated rings. The fourth-order valence-electron chi connectivity index (χ4n) is 1.75. The molecule has 0 bridgehead atoms. The molecule has 0 aliphatic rings. The highest BCUT2D eigenvalue weighted by Crippen LogP contribution is 2.13. The molecule has 1 atom stereocenters. The van der Waals surface area contributed by atoms with Crippen molar-refractivity contribution < 1.29 is 9.53 Å². The Morgan fingerprint density at radius 2 is 2.08 bits per heavy atom. The number of rotatable bonds is 7. The van der Waals surface area contributed by atoms with Crippen molar-refractivity contribution >= 4 is 35.8 Å². The third-order valence-corrected chi connectivity index (χ3v) is 3.46. The Morgan fingerprint density at radius 3 is 2.67 bits per heavy atom. The van der Waals surface area contributed by atoms with Crippen molar-refractivity contribution in [2.45, 2.75) is 32.9 Å². The van der Waals surface area contributed by atoms with Crippen LogP contribution >= 0.6 is 24.0 Å². The first-order valence-corrected chi connectivity index (χ1v) is 7.84. The van der Waals surface area contributed by atoms with Gasteiger partial charge in [-0.15, -0.1) is 24.0 Å². The van der Waals surface area contributed by atoms with Crippen LogP contribution < -0.4 is 15.4 Å². The van der Waals surface area contributed by atoms with Crippen LogP contribution in [0.1, 0.15) is 25.8 Å². The number of hydrogen-bond donors (Lipinski definition) is 2. The van der Waals surface area contributed by atoms with Gasteiger partial charge in [0, 0.05) is 20.1 Å². The molecular formula is C17H29IN4O2. The van der Waals surface area contributed by atoms with Gasteiger partial charge >= 0.3 is 0 Å². The number of carbonyl (C=O) groups is 1. The first-order valence-electron chi connectivity index (χ1n) is 7.84. The lowest BCUT2D eigenvalue weighted by Crippen LogP contribution is -2.45. The van der Waals surface area contributed by atoms with E-state index in [4.69, 9.17) is 4.74 Å². The lowest BCUT2D eigenvalue weighted by Gasteiger charge is -2.18. The van der Waals surface area contributed by atoms with E-state index in [1.54, 1.807) is 26.1 Å². The molecule has 6 nitrogen and oxygen atoms in total. The van der Waals surface area contributed by atoms with Crippen molar-refractivity contribution in [3.63, 3.8) is 0 Å². The van der Waals surface area contributed by atoms with E-state index in [-0.39, 0.29) is 42.5 Å². The average molecular weight is 448 g/mol. The molecule has 2 N–H and O–H groups in total. The van der Waals surface area contributed by atoms with E-state index in [1.165, 1.54) is 0 Å². The van der Waals surface area contributed by atoms with Gasteiger partial charge in [0.2, 0.25) is 5.91 Å². The van der Waals surface area contributed by atoms with E-state index >= 15 is 0 Å². The normalized spacial score (nSPS) is 12.0. The highest BCUT2D eigenvalue weighted by atomic mass is 127. The number of likely N-dealkylation sites (N-methyl/N-ethyl adjacent to an activating group) is 1.